The van der Waals surface area contributed by atoms with Gasteiger partial charge >= 0.3 is 18.1 Å². The standard InChI is InChI=1S/C19H18F3NO5S/c1-12(23-18(25)19(20,21)22)10-14-6-8-16(9-7-14)29(26,27)17-5-3-4-15(11-17)28-13(2)24/h3-9,11-12H,10H2,1-2H3,(H,23,25)/t12-/m1/s1. The van der Waals surface area contributed by atoms with Crippen molar-refractivity contribution in [3.63, 3.8) is 0 Å². The van der Waals surface area contributed by atoms with E-state index in [4.69, 9.17) is 4.74 Å². The average Bonchev–Trinajstić information content (AvgIpc) is 2.61. The number of hydrogen-bond donors (Lipinski definition) is 1. The average molecular weight is 429 g/mol. The first-order chi connectivity index (χ1) is 13.4. The van der Waals surface area contributed by atoms with E-state index >= 15 is 0 Å². The summed E-state index contributed by atoms with van der Waals surface area (Å²) in [6, 6.07) is 10.2. The molecule has 0 unspecified atom stereocenters. The molecule has 10 heteroatoms. The van der Waals surface area contributed by atoms with Gasteiger partial charge in [-0.1, -0.05) is 18.2 Å². The summed E-state index contributed by atoms with van der Waals surface area (Å²) in [6.07, 6.45) is -4.88. The van der Waals surface area contributed by atoms with Gasteiger partial charge in [0.2, 0.25) is 9.84 Å². The fraction of sp³-hybridized carbons (Fsp3) is 0.263. The molecular weight excluding hydrogens is 411 g/mol. The number of amides is 1. The summed E-state index contributed by atoms with van der Waals surface area (Å²) in [6.45, 7) is 2.60. The molecule has 0 aromatic heterocycles. The summed E-state index contributed by atoms with van der Waals surface area (Å²) in [7, 11) is -3.89. The van der Waals surface area contributed by atoms with Crippen LogP contribution in [0.5, 0.6) is 5.75 Å². The van der Waals surface area contributed by atoms with Crippen LogP contribution in [-0.2, 0) is 25.8 Å². The lowest BCUT2D eigenvalue weighted by atomic mass is 10.1. The molecular formula is C19H18F3NO5S. The molecule has 156 valence electrons. The molecule has 29 heavy (non-hydrogen) atoms. The van der Waals surface area contributed by atoms with Gasteiger partial charge in [-0.3, -0.25) is 9.59 Å². The van der Waals surface area contributed by atoms with Crippen molar-refractivity contribution in [2.45, 2.75) is 42.3 Å². The number of carbonyl (C=O) groups excluding carboxylic acids is 2. The topological polar surface area (TPSA) is 89.5 Å². The molecule has 0 aliphatic carbocycles. The summed E-state index contributed by atoms with van der Waals surface area (Å²) in [5.41, 5.74) is 0.549. The molecule has 6 nitrogen and oxygen atoms in total. The van der Waals surface area contributed by atoms with Crippen LogP contribution in [0.1, 0.15) is 19.4 Å². The molecule has 0 heterocycles. The predicted molar refractivity (Wildman–Crippen MR) is 97.0 cm³/mol. The minimum absolute atomic E-state index is 0.0341. The first-order valence-electron chi connectivity index (χ1n) is 8.40. The third-order valence-corrected chi connectivity index (χ3v) is 5.56. The maximum atomic E-state index is 12.7. The molecule has 1 N–H and O–H groups in total. The molecule has 1 atom stereocenters. The molecule has 0 saturated heterocycles. The zero-order valence-corrected chi connectivity index (χ0v) is 16.3. The third-order valence-electron chi connectivity index (χ3n) is 3.79. The Hall–Kier alpha value is -2.88. The second kappa shape index (κ2) is 8.64. The number of ether oxygens (including phenoxy) is 1. The van der Waals surface area contributed by atoms with Gasteiger partial charge in [0.05, 0.1) is 9.79 Å². The molecule has 0 bridgehead atoms. The lowest BCUT2D eigenvalue weighted by molar-refractivity contribution is -0.174. The summed E-state index contributed by atoms with van der Waals surface area (Å²) in [5, 5.41) is 1.84. The normalized spacial score (nSPS) is 12.9. The Morgan fingerprint density at radius 2 is 1.69 bits per heavy atom. The number of alkyl halides is 3. The molecule has 2 rings (SSSR count). The van der Waals surface area contributed by atoms with Crippen LogP contribution in [0.2, 0.25) is 0 Å². The highest BCUT2D eigenvalue weighted by Crippen LogP contribution is 2.25. The van der Waals surface area contributed by atoms with Crippen molar-refractivity contribution in [3.8, 4) is 5.75 Å². The Morgan fingerprint density at radius 3 is 2.24 bits per heavy atom. The van der Waals surface area contributed by atoms with Gasteiger partial charge in [-0.2, -0.15) is 13.2 Å². The van der Waals surface area contributed by atoms with E-state index in [9.17, 15) is 31.2 Å². The van der Waals surface area contributed by atoms with E-state index in [2.05, 4.69) is 0 Å². The molecule has 0 saturated carbocycles. The monoisotopic (exact) mass is 429 g/mol. The van der Waals surface area contributed by atoms with Crippen LogP contribution in [0.15, 0.2) is 58.3 Å². The molecule has 0 aliphatic rings. The highest BCUT2D eigenvalue weighted by atomic mass is 32.2. The van der Waals surface area contributed by atoms with Gasteiger partial charge in [0.25, 0.3) is 0 Å². The Balaban J connectivity index is 2.15. The Labute approximate surface area is 165 Å². The first-order valence-corrected chi connectivity index (χ1v) is 9.88. The maximum Gasteiger partial charge on any atom is 0.471 e. The van der Waals surface area contributed by atoms with Crippen LogP contribution in [-0.4, -0.2) is 32.5 Å². The number of halogens is 3. The molecule has 0 spiro atoms. The molecule has 0 aliphatic heterocycles. The highest BCUT2D eigenvalue weighted by Gasteiger charge is 2.39. The van der Waals surface area contributed by atoms with Crippen molar-refractivity contribution in [1.82, 2.24) is 5.32 Å². The fourth-order valence-electron chi connectivity index (χ4n) is 2.52. The third kappa shape index (κ3) is 6.05. The van der Waals surface area contributed by atoms with E-state index in [1.54, 1.807) is 0 Å². The van der Waals surface area contributed by atoms with E-state index in [0.29, 0.717) is 5.56 Å². The number of sulfone groups is 1. The van der Waals surface area contributed by atoms with Gasteiger partial charge in [-0.25, -0.2) is 8.42 Å². The highest BCUT2D eigenvalue weighted by molar-refractivity contribution is 7.91. The van der Waals surface area contributed by atoms with E-state index in [0.717, 1.165) is 0 Å². The van der Waals surface area contributed by atoms with Crippen molar-refractivity contribution in [2.24, 2.45) is 0 Å². The minimum atomic E-state index is -4.97. The zero-order chi connectivity index (χ0) is 21.8. The van der Waals surface area contributed by atoms with Crippen LogP contribution in [0.3, 0.4) is 0 Å². The van der Waals surface area contributed by atoms with Crippen LogP contribution in [0.25, 0.3) is 0 Å². The summed E-state index contributed by atoms with van der Waals surface area (Å²) in [4.78, 5) is 21.9. The largest absolute Gasteiger partial charge is 0.471 e. The van der Waals surface area contributed by atoms with Crippen molar-refractivity contribution in [3.05, 3.63) is 54.1 Å². The summed E-state index contributed by atoms with van der Waals surface area (Å²) < 4.78 is 67.2. The van der Waals surface area contributed by atoms with Gasteiger partial charge in [0.1, 0.15) is 5.75 Å². The van der Waals surface area contributed by atoms with E-state index < -0.39 is 33.9 Å². The van der Waals surface area contributed by atoms with Gasteiger partial charge in [-0.15, -0.1) is 0 Å². The molecule has 2 aromatic rings. The zero-order valence-electron chi connectivity index (χ0n) is 15.5. The van der Waals surface area contributed by atoms with Crippen LogP contribution < -0.4 is 10.1 Å². The van der Waals surface area contributed by atoms with E-state index in [-0.39, 0.29) is 22.0 Å². The van der Waals surface area contributed by atoms with Gasteiger partial charge in [0, 0.05) is 13.0 Å². The lowest BCUT2D eigenvalue weighted by Gasteiger charge is -2.15. The molecule has 1 amide bonds. The van der Waals surface area contributed by atoms with Crippen molar-refractivity contribution in [1.29, 1.82) is 0 Å². The van der Waals surface area contributed by atoms with Crippen molar-refractivity contribution < 1.29 is 35.9 Å². The number of carbonyl (C=O) groups is 2. The summed E-state index contributed by atoms with van der Waals surface area (Å²) in [5.74, 6) is -2.53. The summed E-state index contributed by atoms with van der Waals surface area (Å²) >= 11 is 0. The van der Waals surface area contributed by atoms with Crippen molar-refractivity contribution in [2.75, 3.05) is 0 Å². The van der Waals surface area contributed by atoms with Crippen LogP contribution in [0.4, 0.5) is 13.2 Å². The van der Waals surface area contributed by atoms with Crippen LogP contribution in [0, 0.1) is 0 Å². The minimum Gasteiger partial charge on any atom is -0.427 e. The van der Waals surface area contributed by atoms with E-state index in [1.165, 1.54) is 62.4 Å². The van der Waals surface area contributed by atoms with Gasteiger partial charge in [0.15, 0.2) is 0 Å². The fourth-order valence-corrected chi connectivity index (χ4v) is 3.82. The molecule has 0 fully saturated rings. The molecule has 0 radical (unpaired) electrons. The first kappa shape index (κ1) is 22.4. The second-order valence-corrected chi connectivity index (χ2v) is 8.24. The van der Waals surface area contributed by atoms with Crippen LogP contribution >= 0.6 is 0 Å². The smallest absolute Gasteiger partial charge is 0.427 e. The van der Waals surface area contributed by atoms with Gasteiger partial charge in [-0.05, 0) is 49.2 Å². The Kier molecular flexibility index (Phi) is 6.68. The van der Waals surface area contributed by atoms with Crippen molar-refractivity contribution >= 4 is 21.7 Å². The number of benzene rings is 2. The maximum absolute atomic E-state index is 12.7. The quantitative estimate of drug-likeness (QED) is 0.563. The number of nitrogens with one attached hydrogen (secondary N) is 1. The lowest BCUT2D eigenvalue weighted by Crippen LogP contribution is -2.42. The molecule has 2 aromatic carbocycles. The number of hydrogen-bond acceptors (Lipinski definition) is 5. The Morgan fingerprint density at radius 1 is 1.07 bits per heavy atom. The predicted octanol–water partition coefficient (Wildman–Crippen LogP) is 3.05. The SMILES string of the molecule is CC(=O)Oc1cccc(S(=O)(=O)c2ccc(C[C@@H](C)NC(=O)C(F)(F)F)cc2)c1. The van der Waals surface area contributed by atoms with E-state index in [1.807, 2.05) is 5.32 Å². The van der Waals surface area contributed by atoms with Gasteiger partial charge < -0.3 is 10.1 Å². The Bertz CT molecular complexity index is 1000. The second-order valence-electron chi connectivity index (χ2n) is 6.29. The number of esters is 1. The number of rotatable bonds is 6.